The number of anilines is 3. The van der Waals surface area contributed by atoms with Gasteiger partial charge in [0.15, 0.2) is 38.7 Å². The summed E-state index contributed by atoms with van der Waals surface area (Å²) in [6, 6.07) is 0. The largest absolute Gasteiger partial charge is 0.382 e. The minimum atomic E-state index is 0.152. The lowest BCUT2D eigenvalue weighted by Crippen LogP contribution is -2.14. The number of rotatable bonds is 1. The molecule has 110 valence electrons. The van der Waals surface area contributed by atoms with Crippen molar-refractivity contribution >= 4 is 55.8 Å². The average Bonchev–Trinajstić information content (AvgIpc) is 2.98. The molecule has 0 aliphatic heterocycles. The summed E-state index contributed by atoms with van der Waals surface area (Å²) in [5.41, 5.74) is 19.3. The Bertz CT molecular complexity index is 948. The maximum Gasteiger partial charge on any atom is 0.222 e. The van der Waals surface area contributed by atoms with E-state index in [9.17, 15) is 0 Å². The third kappa shape index (κ3) is 1.54. The number of imidazole rings is 2. The van der Waals surface area contributed by atoms with Crippen LogP contribution in [0, 0.1) is 0 Å². The molecule has 0 atom stereocenters. The number of hydrogen-bond donors (Lipinski definition) is 3. The summed E-state index contributed by atoms with van der Waals surface area (Å²) >= 11 is 3.35. The summed E-state index contributed by atoms with van der Waals surface area (Å²) in [5.74, 6) is 0.631. The van der Waals surface area contributed by atoms with Gasteiger partial charge in [0.2, 0.25) is 5.95 Å². The van der Waals surface area contributed by atoms with Crippen LogP contribution in [0.15, 0.2) is 17.4 Å². The highest BCUT2D eigenvalue weighted by molar-refractivity contribution is 9.10. The van der Waals surface area contributed by atoms with E-state index in [1.807, 2.05) is 0 Å². The van der Waals surface area contributed by atoms with Crippen molar-refractivity contribution in [1.82, 2.24) is 39.3 Å². The van der Waals surface area contributed by atoms with Crippen LogP contribution in [-0.4, -0.2) is 39.3 Å². The van der Waals surface area contributed by atoms with Crippen LogP contribution >= 0.6 is 15.9 Å². The maximum atomic E-state index is 6.00. The molecule has 0 unspecified atom stereocenters. The summed E-state index contributed by atoms with van der Waals surface area (Å²) in [6.45, 7) is 0. The Labute approximate surface area is 130 Å². The van der Waals surface area contributed by atoms with Gasteiger partial charge in [0.05, 0.1) is 0 Å². The number of hydrogen-bond acceptors (Lipinski definition) is 9. The first-order chi connectivity index (χ1) is 10.6. The second kappa shape index (κ2) is 4.24. The van der Waals surface area contributed by atoms with Gasteiger partial charge in [-0.15, -0.1) is 0 Å². The van der Waals surface area contributed by atoms with E-state index in [1.165, 1.54) is 17.3 Å². The summed E-state index contributed by atoms with van der Waals surface area (Å²) in [4.78, 5) is 24.6. The number of aromatic nitrogens is 8. The van der Waals surface area contributed by atoms with Crippen molar-refractivity contribution in [3.8, 4) is 0 Å². The number of nitrogens with two attached hydrogens (primary N) is 3. The van der Waals surface area contributed by atoms with Gasteiger partial charge in [0.1, 0.15) is 12.7 Å². The molecule has 6 N–H and O–H groups in total. The SMILES string of the molecule is Nc1ncnc2c1nc(N)n2-n1c(Br)nc2c(N)ncnc21. The molecule has 12 heteroatoms. The first-order valence-corrected chi connectivity index (χ1v) is 6.76. The standard InChI is InChI=1S/C10H8BrN11/c11-9-19-3-5(12)15-1-17-7(3)21(9)22-8-4(20-10(22)14)6(13)16-2-18-8/h1-2H,(H2,14,20)(H2,12,15,17)(H2,13,16,18). The van der Waals surface area contributed by atoms with E-state index >= 15 is 0 Å². The van der Waals surface area contributed by atoms with Crippen LogP contribution in [0.2, 0.25) is 0 Å². The monoisotopic (exact) mass is 361 g/mol. The summed E-state index contributed by atoms with van der Waals surface area (Å²) < 4.78 is 3.50. The topological polar surface area (TPSA) is 165 Å². The number of halogens is 1. The van der Waals surface area contributed by atoms with Gasteiger partial charge >= 0.3 is 0 Å². The number of nitrogens with zero attached hydrogens (tertiary/aromatic N) is 8. The Morgan fingerprint density at radius 2 is 1.32 bits per heavy atom. The maximum absolute atomic E-state index is 6.00. The first kappa shape index (κ1) is 12.7. The highest BCUT2D eigenvalue weighted by atomic mass is 79.9. The van der Waals surface area contributed by atoms with Gasteiger partial charge in [0.25, 0.3) is 0 Å². The van der Waals surface area contributed by atoms with Crippen molar-refractivity contribution in [3.63, 3.8) is 0 Å². The minimum absolute atomic E-state index is 0.152. The Morgan fingerprint density at radius 1 is 0.773 bits per heavy atom. The van der Waals surface area contributed by atoms with Crippen LogP contribution in [0.4, 0.5) is 17.6 Å². The quantitative estimate of drug-likeness (QED) is 0.388. The molecule has 0 amide bonds. The Hall–Kier alpha value is -3.02. The highest BCUT2D eigenvalue weighted by Gasteiger charge is 2.20. The fourth-order valence-electron chi connectivity index (χ4n) is 2.16. The zero-order chi connectivity index (χ0) is 15.4. The van der Waals surface area contributed by atoms with Gasteiger partial charge in [-0.25, -0.2) is 29.9 Å². The number of fused-ring (bicyclic) bond motifs is 2. The third-order valence-corrected chi connectivity index (χ3v) is 3.60. The summed E-state index contributed by atoms with van der Waals surface area (Å²) in [6.07, 6.45) is 2.66. The fraction of sp³-hybridized carbons (Fsp3) is 0. The lowest BCUT2D eigenvalue weighted by atomic mass is 10.5. The molecule has 0 saturated carbocycles. The summed E-state index contributed by atoms with van der Waals surface area (Å²) in [5, 5.41) is 0. The average molecular weight is 362 g/mol. The van der Waals surface area contributed by atoms with Gasteiger partial charge in [-0.3, -0.25) is 0 Å². The molecule has 0 saturated heterocycles. The third-order valence-electron chi connectivity index (χ3n) is 3.09. The van der Waals surface area contributed by atoms with Crippen LogP contribution in [0.1, 0.15) is 0 Å². The predicted molar refractivity (Wildman–Crippen MR) is 82.4 cm³/mol. The van der Waals surface area contributed by atoms with Crippen LogP contribution in [0.3, 0.4) is 0 Å². The Balaban J connectivity index is 2.17. The van der Waals surface area contributed by atoms with E-state index in [0.717, 1.165) is 0 Å². The van der Waals surface area contributed by atoms with Gasteiger partial charge in [-0.1, -0.05) is 0 Å². The van der Waals surface area contributed by atoms with Gasteiger partial charge in [-0.05, 0) is 15.9 Å². The van der Waals surface area contributed by atoms with Crippen molar-refractivity contribution in [2.24, 2.45) is 0 Å². The van der Waals surface area contributed by atoms with Crippen molar-refractivity contribution in [3.05, 3.63) is 17.4 Å². The molecule has 0 radical (unpaired) electrons. The molecular weight excluding hydrogens is 354 g/mol. The van der Waals surface area contributed by atoms with E-state index < -0.39 is 0 Å². The zero-order valence-corrected chi connectivity index (χ0v) is 12.4. The van der Waals surface area contributed by atoms with E-state index in [-0.39, 0.29) is 17.6 Å². The number of nitrogen functional groups attached to an aromatic ring is 3. The first-order valence-electron chi connectivity index (χ1n) is 5.97. The van der Waals surface area contributed by atoms with Crippen molar-refractivity contribution < 1.29 is 0 Å². The molecule has 0 aliphatic rings. The molecule has 0 fully saturated rings. The van der Waals surface area contributed by atoms with Crippen molar-refractivity contribution in [2.45, 2.75) is 0 Å². The molecule has 4 rings (SSSR count). The molecular formula is C10H8BrN11. The molecule has 4 aromatic rings. The molecule has 11 nitrogen and oxygen atoms in total. The van der Waals surface area contributed by atoms with E-state index in [2.05, 4.69) is 45.8 Å². The van der Waals surface area contributed by atoms with Crippen LogP contribution < -0.4 is 17.2 Å². The van der Waals surface area contributed by atoms with Gasteiger partial charge in [-0.2, -0.15) is 9.35 Å². The normalized spacial score (nSPS) is 11.5. The second-order valence-electron chi connectivity index (χ2n) is 4.34. The van der Waals surface area contributed by atoms with Crippen LogP contribution in [0.25, 0.3) is 22.3 Å². The minimum Gasteiger partial charge on any atom is -0.382 e. The molecule has 22 heavy (non-hydrogen) atoms. The molecule has 4 heterocycles. The van der Waals surface area contributed by atoms with E-state index in [4.69, 9.17) is 17.2 Å². The van der Waals surface area contributed by atoms with Crippen LogP contribution in [0.5, 0.6) is 0 Å². The lowest BCUT2D eigenvalue weighted by Gasteiger charge is -2.08. The van der Waals surface area contributed by atoms with Crippen LogP contribution in [-0.2, 0) is 0 Å². The zero-order valence-electron chi connectivity index (χ0n) is 10.8. The molecule has 0 aliphatic carbocycles. The second-order valence-corrected chi connectivity index (χ2v) is 5.05. The fourth-order valence-corrected chi connectivity index (χ4v) is 2.67. The molecule has 0 spiro atoms. The Kier molecular flexibility index (Phi) is 2.45. The molecule has 4 aromatic heterocycles. The van der Waals surface area contributed by atoms with Crippen molar-refractivity contribution in [1.29, 1.82) is 0 Å². The van der Waals surface area contributed by atoms with Gasteiger partial charge < -0.3 is 17.2 Å². The van der Waals surface area contributed by atoms with E-state index in [1.54, 1.807) is 4.68 Å². The van der Waals surface area contributed by atoms with Crippen molar-refractivity contribution in [2.75, 3.05) is 17.2 Å². The predicted octanol–water partition coefficient (Wildman–Crippen LogP) is -0.214. The molecule has 0 aromatic carbocycles. The lowest BCUT2D eigenvalue weighted by molar-refractivity contribution is 0.681. The summed E-state index contributed by atoms with van der Waals surface area (Å²) in [7, 11) is 0. The van der Waals surface area contributed by atoms with E-state index in [0.29, 0.717) is 27.1 Å². The van der Waals surface area contributed by atoms with Gasteiger partial charge in [0, 0.05) is 0 Å². The Morgan fingerprint density at radius 3 is 1.95 bits per heavy atom. The smallest absolute Gasteiger partial charge is 0.222 e. The highest BCUT2D eigenvalue weighted by Crippen LogP contribution is 2.26. The molecule has 0 bridgehead atoms.